The topological polar surface area (TPSA) is 38.1 Å². The van der Waals surface area contributed by atoms with Crippen LogP contribution in [0.15, 0.2) is 66.9 Å². The molecule has 0 unspecified atom stereocenters. The standard InChI is InChI=1S/C18H17N3O/c1-20(2)18(22)16-13-19-21(15-11-7-4-8-12-15)17(16)14-9-5-3-6-10-14/h3-13H,1-2H3. The molecule has 0 spiro atoms. The van der Waals surface area contributed by atoms with E-state index in [1.54, 1.807) is 25.2 Å². The molecule has 0 atom stereocenters. The van der Waals surface area contributed by atoms with Crippen LogP contribution < -0.4 is 0 Å². The van der Waals surface area contributed by atoms with Crippen LogP contribution in [0.25, 0.3) is 16.9 Å². The Bertz CT molecular complexity index is 777. The van der Waals surface area contributed by atoms with Gasteiger partial charge in [-0.05, 0) is 12.1 Å². The molecule has 0 N–H and O–H groups in total. The van der Waals surface area contributed by atoms with Crippen LogP contribution in [0.3, 0.4) is 0 Å². The summed E-state index contributed by atoms with van der Waals surface area (Å²) in [5, 5.41) is 4.44. The second-order valence-corrected chi connectivity index (χ2v) is 5.22. The van der Waals surface area contributed by atoms with Crippen molar-refractivity contribution in [2.75, 3.05) is 14.1 Å². The number of carbonyl (C=O) groups excluding carboxylic acids is 1. The van der Waals surface area contributed by atoms with Gasteiger partial charge >= 0.3 is 0 Å². The monoisotopic (exact) mass is 291 g/mol. The third-order valence-corrected chi connectivity index (χ3v) is 3.45. The second kappa shape index (κ2) is 5.85. The molecule has 0 fully saturated rings. The number of rotatable bonds is 3. The highest BCUT2D eigenvalue weighted by atomic mass is 16.2. The third kappa shape index (κ3) is 2.51. The summed E-state index contributed by atoms with van der Waals surface area (Å²) < 4.78 is 1.81. The van der Waals surface area contributed by atoms with Crippen molar-refractivity contribution in [3.8, 4) is 16.9 Å². The van der Waals surface area contributed by atoms with E-state index in [1.165, 1.54) is 0 Å². The van der Waals surface area contributed by atoms with Crippen molar-refractivity contribution in [2.24, 2.45) is 0 Å². The summed E-state index contributed by atoms with van der Waals surface area (Å²) in [7, 11) is 3.49. The number of benzene rings is 2. The Balaban J connectivity index is 2.22. The molecule has 22 heavy (non-hydrogen) atoms. The van der Waals surface area contributed by atoms with Crippen molar-refractivity contribution in [2.45, 2.75) is 0 Å². The van der Waals surface area contributed by atoms with Crippen LogP contribution in [0, 0.1) is 0 Å². The molecule has 0 bridgehead atoms. The van der Waals surface area contributed by atoms with Gasteiger partial charge in [-0.2, -0.15) is 5.10 Å². The summed E-state index contributed by atoms with van der Waals surface area (Å²) in [4.78, 5) is 14.0. The molecule has 4 heteroatoms. The predicted molar refractivity (Wildman–Crippen MR) is 87.0 cm³/mol. The molecule has 0 saturated carbocycles. The highest BCUT2D eigenvalue weighted by molar-refractivity contribution is 5.99. The molecule has 3 rings (SSSR count). The smallest absolute Gasteiger partial charge is 0.257 e. The van der Waals surface area contributed by atoms with Crippen LogP contribution in [-0.4, -0.2) is 34.7 Å². The fraction of sp³-hybridized carbons (Fsp3) is 0.111. The molecule has 0 aliphatic heterocycles. The van der Waals surface area contributed by atoms with Gasteiger partial charge in [-0.1, -0.05) is 48.5 Å². The first-order valence-corrected chi connectivity index (χ1v) is 7.09. The summed E-state index contributed by atoms with van der Waals surface area (Å²) >= 11 is 0. The number of hydrogen-bond donors (Lipinski definition) is 0. The van der Waals surface area contributed by atoms with E-state index in [9.17, 15) is 4.79 Å². The van der Waals surface area contributed by atoms with Gasteiger partial charge in [-0.25, -0.2) is 4.68 Å². The molecule has 0 radical (unpaired) electrons. The first kappa shape index (κ1) is 14.1. The minimum Gasteiger partial charge on any atom is -0.345 e. The largest absolute Gasteiger partial charge is 0.345 e. The Hall–Kier alpha value is -2.88. The van der Waals surface area contributed by atoms with Crippen LogP contribution in [-0.2, 0) is 0 Å². The Morgan fingerprint density at radius 1 is 0.955 bits per heavy atom. The van der Waals surface area contributed by atoms with E-state index >= 15 is 0 Å². The number of hydrogen-bond acceptors (Lipinski definition) is 2. The molecular weight excluding hydrogens is 274 g/mol. The lowest BCUT2D eigenvalue weighted by molar-refractivity contribution is 0.0828. The fourth-order valence-corrected chi connectivity index (χ4v) is 2.38. The van der Waals surface area contributed by atoms with Crippen LogP contribution >= 0.6 is 0 Å². The van der Waals surface area contributed by atoms with Gasteiger partial charge in [0.1, 0.15) is 0 Å². The lowest BCUT2D eigenvalue weighted by Gasteiger charge is -2.13. The third-order valence-electron chi connectivity index (χ3n) is 3.45. The highest BCUT2D eigenvalue weighted by Gasteiger charge is 2.20. The van der Waals surface area contributed by atoms with E-state index in [4.69, 9.17) is 0 Å². The molecule has 0 aliphatic carbocycles. The fourth-order valence-electron chi connectivity index (χ4n) is 2.38. The number of carbonyl (C=O) groups is 1. The minimum absolute atomic E-state index is 0.0546. The minimum atomic E-state index is -0.0546. The van der Waals surface area contributed by atoms with E-state index in [1.807, 2.05) is 65.3 Å². The lowest BCUT2D eigenvalue weighted by Crippen LogP contribution is -2.22. The van der Waals surface area contributed by atoms with Gasteiger partial charge in [0, 0.05) is 19.7 Å². The molecule has 4 nitrogen and oxygen atoms in total. The van der Waals surface area contributed by atoms with Gasteiger partial charge in [0.2, 0.25) is 0 Å². The van der Waals surface area contributed by atoms with Gasteiger partial charge in [-0.15, -0.1) is 0 Å². The summed E-state index contributed by atoms with van der Waals surface area (Å²) in [6.45, 7) is 0. The zero-order chi connectivity index (χ0) is 15.5. The van der Waals surface area contributed by atoms with Crippen LogP contribution in [0.5, 0.6) is 0 Å². The maximum Gasteiger partial charge on any atom is 0.257 e. The van der Waals surface area contributed by atoms with Crippen molar-refractivity contribution in [1.29, 1.82) is 0 Å². The summed E-state index contributed by atoms with van der Waals surface area (Å²) in [5.74, 6) is -0.0546. The van der Waals surface area contributed by atoms with Crippen molar-refractivity contribution in [3.05, 3.63) is 72.4 Å². The Kier molecular flexibility index (Phi) is 3.74. The molecule has 2 aromatic carbocycles. The average molecular weight is 291 g/mol. The summed E-state index contributed by atoms with van der Waals surface area (Å²) in [6, 6.07) is 19.7. The van der Waals surface area contributed by atoms with E-state index in [0.717, 1.165) is 16.9 Å². The number of amides is 1. The van der Waals surface area contributed by atoms with E-state index < -0.39 is 0 Å². The second-order valence-electron chi connectivity index (χ2n) is 5.22. The van der Waals surface area contributed by atoms with Gasteiger partial charge in [0.25, 0.3) is 5.91 Å². The Labute approximate surface area is 129 Å². The molecule has 0 saturated heterocycles. The molecular formula is C18H17N3O. The van der Waals surface area contributed by atoms with Gasteiger partial charge in [0.05, 0.1) is 23.1 Å². The number of aromatic nitrogens is 2. The zero-order valence-electron chi connectivity index (χ0n) is 12.6. The molecule has 1 amide bonds. The molecule has 110 valence electrons. The van der Waals surface area contributed by atoms with Gasteiger partial charge < -0.3 is 4.90 Å². The predicted octanol–water partition coefficient (Wildman–Crippen LogP) is 3.24. The lowest BCUT2D eigenvalue weighted by atomic mass is 10.1. The summed E-state index contributed by atoms with van der Waals surface area (Å²) in [6.07, 6.45) is 1.64. The van der Waals surface area contributed by atoms with E-state index in [-0.39, 0.29) is 5.91 Å². The van der Waals surface area contributed by atoms with Crippen LogP contribution in [0.2, 0.25) is 0 Å². The maximum atomic E-state index is 12.5. The normalized spacial score (nSPS) is 10.5. The average Bonchev–Trinajstić information content (AvgIpc) is 3.00. The molecule has 3 aromatic rings. The van der Waals surface area contributed by atoms with Crippen molar-refractivity contribution < 1.29 is 4.79 Å². The van der Waals surface area contributed by atoms with Gasteiger partial charge in [-0.3, -0.25) is 4.79 Å². The maximum absolute atomic E-state index is 12.5. The molecule has 1 aromatic heterocycles. The number of para-hydroxylation sites is 1. The molecule has 0 aliphatic rings. The number of nitrogens with zero attached hydrogens (tertiary/aromatic N) is 3. The quantitative estimate of drug-likeness (QED) is 0.743. The van der Waals surface area contributed by atoms with E-state index in [2.05, 4.69) is 5.10 Å². The first-order valence-electron chi connectivity index (χ1n) is 7.09. The van der Waals surface area contributed by atoms with E-state index in [0.29, 0.717) is 5.56 Å². The van der Waals surface area contributed by atoms with Crippen molar-refractivity contribution in [3.63, 3.8) is 0 Å². The molecule has 1 heterocycles. The Morgan fingerprint density at radius 3 is 2.14 bits per heavy atom. The highest BCUT2D eigenvalue weighted by Crippen LogP contribution is 2.27. The van der Waals surface area contributed by atoms with Crippen molar-refractivity contribution >= 4 is 5.91 Å². The SMILES string of the molecule is CN(C)C(=O)c1cnn(-c2ccccc2)c1-c1ccccc1. The zero-order valence-corrected chi connectivity index (χ0v) is 12.6. The summed E-state index contributed by atoms with van der Waals surface area (Å²) in [5.41, 5.74) is 3.30. The van der Waals surface area contributed by atoms with Crippen LogP contribution in [0.1, 0.15) is 10.4 Å². The van der Waals surface area contributed by atoms with Crippen molar-refractivity contribution in [1.82, 2.24) is 14.7 Å². The van der Waals surface area contributed by atoms with Crippen LogP contribution in [0.4, 0.5) is 0 Å². The Morgan fingerprint density at radius 2 is 1.55 bits per heavy atom. The van der Waals surface area contributed by atoms with Gasteiger partial charge in [0.15, 0.2) is 0 Å². The first-order chi connectivity index (χ1) is 10.7.